The maximum Gasteiger partial charge on any atom is 0.408 e. The molecule has 0 aliphatic carbocycles. The normalized spacial score (nSPS) is 11.4. The van der Waals surface area contributed by atoms with Crippen LogP contribution in [0.4, 0.5) is 9.18 Å². The Bertz CT molecular complexity index is 1460. The molecule has 0 saturated heterocycles. The van der Waals surface area contributed by atoms with E-state index in [9.17, 15) is 18.8 Å². The Hall–Kier alpha value is -4.70. The van der Waals surface area contributed by atoms with E-state index in [0.717, 1.165) is 17.2 Å². The Balaban J connectivity index is 1.44. The Morgan fingerprint density at radius 1 is 0.950 bits per heavy atom. The van der Waals surface area contributed by atoms with Crippen molar-refractivity contribution in [1.82, 2.24) is 20.4 Å². The summed E-state index contributed by atoms with van der Waals surface area (Å²) < 4.78 is 26.5. The van der Waals surface area contributed by atoms with Gasteiger partial charge in [-0.1, -0.05) is 72.3 Å². The Kier molecular flexibility index (Phi) is 9.48. The van der Waals surface area contributed by atoms with Crippen molar-refractivity contribution in [3.63, 3.8) is 0 Å². The van der Waals surface area contributed by atoms with Crippen LogP contribution in [0.3, 0.4) is 0 Å². The molecule has 0 saturated carbocycles. The molecule has 0 bridgehead atoms. The lowest BCUT2D eigenvalue weighted by molar-refractivity contribution is -0.147. The maximum atomic E-state index is 14.4. The highest BCUT2D eigenvalue weighted by Crippen LogP contribution is 2.28. The summed E-state index contributed by atoms with van der Waals surface area (Å²) in [7, 11) is 1.64. The van der Waals surface area contributed by atoms with Gasteiger partial charge < -0.3 is 20.1 Å². The summed E-state index contributed by atoms with van der Waals surface area (Å²) in [5, 5.41) is 9.32. The van der Waals surface area contributed by atoms with Crippen LogP contribution in [0.1, 0.15) is 21.5 Å². The number of ether oxygens (including phenoxy) is 2. The Morgan fingerprint density at radius 3 is 2.17 bits per heavy atom. The van der Waals surface area contributed by atoms with Crippen molar-refractivity contribution < 1.29 is 28.2 Å². The number of nitrogens with zero attached hydrogens (tertiary/aromatic N) is 2. The van der Waals surface area contributed by atoms with E-state index in [4.69, 9.17) is 21.1 Å². The first-order chi connectivity index (χ1) is 19.3. The van der Waals surface area contributed by atoms with Gasteiger partial charge in [0.25, 0.3) is 5.91 Å². The number of carbonyl (C=O) groups excluding carboxylic acids is 3. The quantitative estimate of drug-likeness (QED) is 0.271. The molecule has 11 heteroatoms. The molecule has 4 aromatic rings. The molecule has 0 spiro atoms. The second-order valence-corrected chi connectivity index (χ2v) is 9.16. The summed E-state index contributed by atoms with van der Waals surface area (Å²) in [6.45, 7) is -0.401. The van der Waals surface area contributed by atoms with Crippen LogP contribution in [0.2, 0.25) is 5.02 Å². The van der Waals surface area contributed by atoms with Gasteiger partial charge in [-0.15, -0.1) is 0 Å². The fourth-order valence-electron chi connectivity index (χ4n) is 3.82. The molecule has 1 atom stereocenters. The zero-order chi connectivity index (χ0) is 28.5. The van der Waals surface area contributed by atoms with Crippen LogP contribution in [0.5, 0.6) is 0 Å². The van der Waals surface area contributed by atoms with Crippen LogP contribution in [0.25, 0.3) is 11.3 Å². The molecule has 2 N–H and O–H groups in total. The van der Waals surface area contributed by atoms with E-state index >= 15 is 0 Å². The van der Waals surface area contributed by atoms with Gasteiger partial charge in [0, 0.05) is 24.7 Å². The predicted molar refractivity (Wildman–Crippen MR) is 146 cm³/mol. The molecule has 0 fully saturated rings. The molecule has 1 heterocycles. The first-order valence-electron chi connectivity index (χ1n) is 12.2. The third-order valence-electron chi connectivity index (χ3n) is 5.81. The van der Waals surface area contributed by atoms with Crippen molar-refractivity contribution in [2.24, 2.45) is 7.05 Å². The van der Waals surface area contributed by atoms with Crippen LogP contribution in [0.15, 0.2) is 85.1 Å². The van der Waals surface area contributed by atoms with Gasteiger partial charge in [0.1, 0.15) is 25.1 Å². The minimum absolute atomic E-state index is 0.0182. The average Bonchev–Trinajstić information content (AvgIpc) is 3.30. The number of aryl methyl sites for hydroxylation is 1. The van der Waals surface area contributed by atoms with Crippen LogP contribution < -0.4 is 10.6 Å². The van der Waals surface area contributed by atoms with Gasteiger partial charge in [-0.25, -0.2) is 14.0 Å². The van der Waals surface area contributed by atoms with E-state index in [2.05, 4.69) is 15.7 Å². The number of carbonyl (C=O) groups is 3. The number of halogens is 2. The summed E-state index contributed by atoms with van der Waals surface area (Å²) in [6, 6.07) is 20.4. The zero-order valence-electron chi connectivity index (χ0n) is 21.5. The molecule has 40 heavy (non-hydrogen) atoms. The summed E-state index contributed by atoms with van der Waals surface area (Å²) in [4.78, 5) is 38.3. The fourth-order valence-corrected chi connectivity index (χ4v) is 4.09. The van der Waals surface area contributed by atoms with E-state index in [0.29, 0.717) is 16.3 Å². The van der Waals surface area contributed by atoms with E-state index in [1.54, 1.807) is 55.6 Å². The van der Waals surface area contributed by atoms with Crippen molar-refractivity contribution >= 4 is 29.6 Å². The third-order valence-corrected chi connectivity index (χ3v) is 6.08. The summed E-state index contributed by atoms with van der Waals surface area (Å²) in [5.74, 6) is -2.14. The van der Waals surface area contributed by atoms with Crippen molar-refractivity contribution in [2.45, 2.75) is 19.3 Å². The first-order valence-corrected chi connectivity index (χ1v) is 12.6. The average molecular weight is 565 g/mol. The van der Waals surface area contributed by atoms with Gasteiger partial charge in [-0.3, -0.25) is 9.48 Å². The second kappa shape index (κ2) is 13.4. The topological polar surface area (TPSA) is 112 Å². The molecule has 1 aromatic heterocycles. The largest absolute Gasteiger partial charge is 0.459 e. The highest BCUT2D eigenvalue weighted by Gasteiger charge is 2.25. The van der Waals surface area contributed by atoms with Crippen LogP contribution in [-0.2, 0) is 34.5 Å². The van der Waals surface area contributed by atoms with Gasteiger partial charge in [-0.2, -0.15) is 5.10 Å². The van der Waals surface area contributed by atoms with Crippen molar-refractivity contribution in [1.29, 1.82) is 0 Å². The predicted octanol–water partition coefficient (Wildman–Crippen LogP) is 4.65. The lowest BCUT2D eigenvalue weighted by Crippen LogP contribution is -2.49. The van der Waals surface area contributed by atoms with E-state index in [-0.39, 0.29) is 25.3 Å². The standard InChI is InChI=1S/C29H26ClFN4O5/c1-35-26(24(30)15-33-35)21-12-22(14-23(31)13-21)27(36)32-16-25(28(37)39-17-19-8-4-2-5-9-19)34-29(38)40-18-20-10-6-3-7-11-20/h2-15,25H,16-18H2,1H3,(H,32,36)(H,34,38)/t25-/m1/s1. The molecule has 9 nitrogen and oxygen atoms in total. The molecule has 3 aromatic carbocycles. The number of alkyl carbamates (subject to hydrolysis) is 1. The van der Waals surface area contributed by atoms with Crippen molar-refractivity contribution in [2.75, 3.05) is 6.54 Å². The van der Waals surface area contributed by atoms with Gasteiger partial charge in [0.05, 0.1) is 16.9 Å². The first kappa shape index (κ1) is 28.3. The smallest absolute Gasteiger partial charge is 0.408 e. The number of nitrogens with one attached hydrogen (secondary N) is 2. The molecular weight excluding hydrogens is 539 g/mol. The lowest BCUT2D eigenvalue weighted by Gasteiger charge is -2.18. The van der Waals surface area contributed by atoms with Gasteiger partial charge in [0.2, 0.25) is 0 Å². The molecule has 0 radical (unpaired) electrons. The minimum atomic E-state index is -1.28. The minimum Gasteiger partial charge on any atom is -0.459 e. The number of esters is 1. The summed E-state index contributed by atoms with van der Waals surface area (Å²) in [6.07, 6.45) is 0.536. The molecule has 206 valence electrons. The maximum absolute atomic E-state index is 14.4. The van der Waals surface area contributed by atoms with Crippen LogP contribution >= 0.6 is 11.6 Å². The summed E-state index contributed by atoms with van der Waals surface area (Å²) >= 11 is 6.18. The van der Waals surface area contributed by atoms with Gasteiger partial charge >= 0.3 is 12.1 Å². The number of hydrogen-bond acceptors (Lipinski definition) is 6. The molecule has 0 aliphatic heterocycles. The number of aromatic nitrogens is 2. The molecule has 0 unspecified atom stereocenters. The number of benzene rings is 3. The van der Waals surface area contributed by atoms with Gasteiger partial charge in [0.15, 0.2) is 0 Å². The molecule has 2 amide bonds. The SMILES string of the molecule is Cn1ncc(Cl)c1-c1cc(F)cc(C(=O)NC[C@@H](NC(=O)OCc2ccccc2)C(=O)OCc2ccccc2)c1. The Labute approximate surface area is 234 Å². The van der Waals surface area contributed by atoms with Crippen LogP contribution in [0, 0.1) is 5.82 Å². The third kappa shape index (κ3) is 7.67. The number of hydrogen-bond donors (Lipinski definition) is 2. The summed E-state index contributed by atoms with van der Waals surface area (Å²) in [5.41, 5.74) is 2.25. The zero-order valence-corrected chi connectivity index (χ0v) is 22.2. The van der Waals surface area contributed by atoms with Crippen molar-refractivity contribution in [3.8, 4) is 11.3 Å². The molecule has 0 aliphatic rings. The lowest BCUT2D eigenvalue weighted by atomic mass is 10.1. The highest BCUT2D eigenvalue weighted by molar-refractivity contribution is 6.33. The Morgan fingerprint density at radius 2 is 1.57 bits per heavy atom. The molecule has 4 rings (SSSR count). The highest BCUT2D eigenvalue weighted by atomic mass is 35.5. The van der Waals surface area contributed by atoms with Crippen LogP contribution in [-0.4, -0.2) is 40.3 Å². The second-order valence-electron chi connectivity index (χ2n) is 8.76. The number of rotatable bonds is 10. The number of amides is 2. The van der Waals surface area contributed by atoms with Gasteiger partial charge in [-0.05, 0) is 29.3 Å². The fraction of sp³-hybridized carbons (Fsp3) is 0.172. The van der Waals surface area contributed by atoms with E-state index < -0.39 is 29.8 Å². The van der Waals surface area contributed by atoms with E-state index in [1.165, 1.54) is 23.0 Å². The van der Waals surface area contributed by atoms with Crippen molar-refractivity contribution in [3.05, 3.63) is 113 Å². The van der Waals surface area contributed by atoms with E-state index in [1.807, 2.05) is 12.1 Å². The monoisotopic (exact) mass is 564 g/mol. The molecular formula is C29H26ClFN4O5.